The van der Waals surface area contributed by atoms with E-state index >= 15 is 0 Å². The fraction of sp³-hybridized carbons (Fsp3) is 0.529. The first kappa shape index (κ1) is 16.6. The molecule has 24 heavy (non-hydrogen) atoms. The third kappa shape index (κ3) is 3.79. The summed E-state index contributed by atoms with van der Waals surface area (Å²) < 4.78 is 11.2. The van der Waals surface area contributed by atoms with E-state index in [-0.39, 0.29) is 11.9 Å². The standard InChI is InChI=1S/C17H23N3O4/c1-18-17(22)19-16(21)6-8-20-7-2-3-13(20)12-4-5-14-15(11-12)24-10-9-23-14/h4-5,11,13H,2-3,6-10H2,1H3,(H2,18,19,21,22)/t13-/m1/s1. The highest BCUT2D eigenvalue weighted by atomic mass is 16.6. The highest BCUT2D eigenvalue weighted by molar-refractivity contribution is 5.94. The van der Waals surface area contributed by atoms with Crippen LogP contribution in [0.25, 0.3) is 0 Å². The minimum Gasteiger partial charge on any atom is -0.486 e. The lowest BCUT2D eigenvalue weighted by Crippen LogP contribution is -2.39. The molecule has 0 bridgehead atoms. The second-order valence-electron chi connectivity index (χ2n) is 5.97. The van der Waals surface area contributed by atoms with Gasteiger partial charge in [-0.1, -0.05) is 6.07 Å². The Labute approximate surface area is 141 Å². The maximum atomic E-state index is 11.8. The highest BCUT2D eigenvalue weighted by Crippen LogP contribution is 2.37. The molecular formula is C17H23N3O4. The summed E-state index contributed by atoms with van der Waals surface area (Å²) in [6, 6.07) is 5.88. The van der Waals surface area contributed by atoms with Gasteiger partial charge in [-0.25, -0.2) is 4.79 Å². The van der Waals surface area contributed by atoms with Crippen LogP contribution >= 0.6 is 0 Å². The molecule has 0 aliphatic carbocycles. The van der Waals surface area contributed by atoms with Crippen molar-refractivity contribution in [3.8, 4) is 11.5 Å². The van der Waals surface area contributed by atoms with Crippen molar-refractivity contribution < 1.29 is 19.1 Å². The van der Waals surface area contributed by atoms with Crippen LogP contribution in [0.5, 0.6) is 11.5 Å². The number of likely N-dealkylation sites (tertiary alicyclic amines) is 1. The number of hydrogen-bond acceptors (Lipinski definition) is 5. The summed E-state index contributed by atoms with van der Waals surface area (Å²) in [5, 5.41) is 4.67. The van der Waals surface area contributed by atoms with Gasteiger partial charge in [0.15, 0.2) is 11.5 Å². The molecule has 7 nitrogen and oxygen atoms in total. The van der Waals surface area contributed by atoms with E-state index in [1.54, 1.807) is 0 Å². The quantitative estimate of drug-likeness (QED) is 0.871. The van der Waals surface area contributed by atoms with Crippen LogP contribution in [0, 0.1) is 0 Å². The van der Waals surface area contributed by atoms with Crippen LogP contribution in [-0.2, 0) is 4.79 Å². The Hall–Kier alpha value is -2.28. The van der Waals surface area contributed by atoms with Crippen LogP contribution in [-0.4, -0.2) is 50.2 Å². The zero-order valence-electron chi connectivity index (χ0n) is 13.8. The third-order valence-corrected chi connectivity index (χ3v) is 4.42. The molecule has 3 rings (SSSR count). The average molecular weight is 333 g/mol. The Morgan fingerprint density at radius 1 is 1.25 bits per heavy atom. The fourth-order valence-corrected chi connectivity index (χ4v) is 3.24. The van der Waals surface area contributed by atoms with E-state index in [0.717, 1.165) is 30.9 Å². The minimum atomic E-state index is -0.468. The van der Waals surface area contributed by atoms with Crippen LogP contribution < -0.4 is 20.1 Å². The molecule has 0 radical (unpaired) electrons. The van der Waals surface area contributed by atoms with E-state index < -0.39 is 6.03 Å². The lowest BCUT2D eigenvalue weighted by Gasteiger charge is -2.26. The van der Waals surface area contributed by atoms with Gasteiger partial charge in [0.1, 0.15) is 13.2 Å². The Morgan fingerprint density at radius 3 is 2.83 bits per heavy atom. The summed E-state index contributed by atoms with van der Waals surface area (Å²) in [6.45, 7) is 2.74. The van der Waals surface area contributed by atoms with E-state index in [1.165, 1.54) is 12.6 Å². The lowest BCUT2D eigenvalue weighted by atomic mass is 10.0. The first-order chi connectivity index (χ1) is 11.7. The topological polar surface area (TPSA) is 79.9 Å². The predicted octanol–water partition coefficient (Wildman–Crippen LogP) is 1.44. The molecule has 1 aromatic rings. The van der Waals surface area contributed by atoms with Gasteiger partial charge in [0.25, 0.3) is 0 Å². The largest absolute Gasteiger partial charge is 0.486 e. The number of urea groups is 1. The molecule has 3 amide bonds. The molecule has 0 unspecified atom stereocenters. The molecule has 0 saturated carbocycles. The molecule has 130 valence electrons. The molecule has 1 atom stereocenters. The van der Waals surface area contributed by atoms with Crippen molar-refractivity contribution in [2.75, 3.05) is 33.4 Å². The SMILES string of the molecule is CNC(=O)NC(=O)CCN1CCC[C@@H]1c1ccc2c(c1)OCCO2. The van der Waals surface area contributed by atoms with Gasteiger partial charge in [-0.2, -0.15) is 0 Å². The smallest absolute Gasteiger partial charge is 0.321 e. The zero-order chi connectivity index (χ0) is 16.9. The van der Waals surface area contributed by atoms with Gasteiger partial charge in [-0.15, -0.1) is 0 Å². The van der Waals surface area contributed by atoms with E-state index in [2.05, 4.69) is 21.6 Å². The number of hydrogen-bond donors (Lipinski definition) is 2. The third-order valence-electron chi connectivity index (χ3n) is 4.42. The molecule has 2 heterocycles. The van der Waals surface area contributed by atoms with Crippen LogP contribution in [0.4, 0.5) is 4.79 Å². The van der Waals surface area contributed by atoms with Gasteiger partial charge >= 0.3 is 6.03 Å². The van der Waals surface area contributed by atoms with Crippen LogP contribution in [0.2, 0.25) is 0 Å². The van der Waals surface area contributed by atoms with Crippen molar-refractivity contribution in [1.82, 2.24) is 15.5 Å². The van der Waals surface area contributed by atoms with Crippen molar-refractivity contribution >= 4 is 11.9 Å². The number of carbonyl (C=O) groups is 2. The summed E-state index contributed by atoms with van der Waals surface area (Å²) >= 11 is 0. The average Bonchev–Trinajstić information content (AvgIpc) is 3.08. The first-order valence-electron chi connectivity index (χ1n) is 8.32. The number of nitrogens with zero attached hydrogens (tertiary/aromatic N) is 1. The summed E-state index contributed by atoms with van der Waals surface area (Å²) in [7, 11) is 1.49. The number of benzene rings is 1. The molecule has 2 aliphatic heterocycles. The molecule has 2 N–H and O–H groups in total. The number of nitrogens with one attached hydrogen (secondary N) is 2. The van der Waals surface area contributed by atoms with E-state index in [0.29, 0.717) is 26.2 Å². The maximum Gasteiger partial charge on any atom is 0.321 e. The Kier molecular flexibility index (Phi) is 5.20. The second-order valence-corrected chi connectivity index (χ2v) is 5.97. The highest BCUT2D eigenvalue weighted by Gasteiger charge is 2.27. The number of rotatable bonds is 4. The molecule has 7 heteroatoms. The summed E-state index contributed by atoms with van der Waals surface area (Å²) in [5.74, 6) is 1.32. The van der Waals surface area contributed by atoms with Gasteiger partial charge in [0.05, 0.1) is 0 Å². The summed E-state index contributed by atoms with van der Waals surface area (Å²) in [4.78, 5) is 25.2. The summed E-state index contributed by atoms with van der Waals surface area (Å²) in [6.07, 6.45) is 2.45. The summed E-state index contributed by atoms with van der Waals surface area (Å²) in [5.41, 5.74) is 1.18. The number of carbonyl (C=O) groups excluding carboxylic acids is 2. The molecular weight excluding hydrogens is 310 g/mol. The van der Waals surface area contributed by atoms with Gasteiger partial charge in [-0.05, 0) is 37.1 Å². The van der Waals surface area contributed by atoms with Gasteiger partial charge in [0, 0.05) is 26.1 Å². The Morgan fingerprint density at radius 2 is 2.04 bits per heavy atom. The molecule has 2 aliphatic rings. The van der Waals surface area contributed by atoms with E-state index in [1.807, 2.05) is 12.1 Å². The van der Waals surface area contributed by atoms with E-state index in [4.69, 9.17) is 9.47 Å². The normalized spacial score (nSPS) is 19.8. The van der Waals surface area contributed by atoms with Gasteiger partial charge in [0.2, 0.25) is 5.91 Å². The van der Waals surface area contributed by atoms with Crippen molar-refractivity contribution in [2.24, 2.45) is 0 Å². The van der Waals surface area contributed by atoms with E-state index in [9.17, 15) is 9.59 Å². The molecule has 0 aromatic heterocycles. The van der Waals surface area contributed by atoms with Crippen LogP contribution in [0.15, 0.2) is 18.2 Å². The lowest BCUT2D eigenvalue weighted by molar-refractivity contribution is -0.120. The van der Waals surface area contributed by atoms with Crippen molar-refractivity contribution in [2.45, 2.75) is 25.3 Å². The van der Waals surface area contributed by atoms with Gasteiger partial charge in [-0.3, -0.25) is 15.0 Å². The van der Waals surface area contributed by atoms with Crippen molar-refractivity contribution in [3.63, 3.8) is 0 Å². The Balaban J connectivity index is 1.61. The molecule has 1 aromatic carbocycles. The number of amides is 3. The van der Waals surface area contributed by atoms with Crippen LogP contribution in [0.1, 0.15) is 30.9 Å². The monoisotopic (exact) mass is 333 g/mol. The predicted molar refractivity (Wildman–Crippen MR) is 88.2 cm³/mol. The first-order valence-corrected chi connectivity index (χ1v) is 8.32. The maximum absolute atomic E-state index is 11.8. The number of imide groups is 1. The molecule has 1 saturated heterocycles. The fourth-order valence-electron chi connectivity index (χ4n) is 3.24. The zero-order valence-corrected chi connectivity index (χ0v) is 13.8. The van der Waals surface area contributed by atoms with Crippen LogP contribution in [0.3, 0.4) is 0 Å². The second kappa shape index (κ2) is 7.53. The van der Waals surface area contributed by atoms with Crippen molar-refractivity contribution in [1.29, 1.82) is 0 Å². The molecule has 1 fully saturated rings. The Bertz CT molecular complexity index is 620. The van der Waals surface area contributed by atoms with Crippen molar-refractivity contribution in [3.05, 3.63) is 23.8 Å². The van der Waals surface area contributed by atoms with Gasteiger partial charge < -0.3 is 14.8 Å². The number of fused-ring (bicyclic) bond motifs is 1. The minimum absolute atomic E-state index is 0.262. The molecule has 0 spiro atoms. The number of ether oxygens (including phenoxy) is 2.